The van der Waals surface area contributed by atoms with Gasteiger partial charge in [-0.1, -0.05) is 30.3 Å². The highest BCUT2D eigenvalue weighted by Crippen LogP contribution is 2.28. The van der Waals surface area contributed by atoms with E-state index in [9.17, 15) is 4.79 Å². The molecule has 2 aromatic carbocycles. The smallest absolute Gasteiger partial charge is 0.259 e. The van der Waals surface area contributed by atoms with Gasteiger partial charge in [-0.2, -0.15) is 10.4 Å². The summed E-state index contributed by atoms with van der Waals surface area (Å²) in [6.07, 6.45) is 2.07. The van der Waals surface area contributed by atoms with E-state index in [2.05, 4.69) is 16.5 Å². The molecule has 1 heterocycles. The van der Waals surface area contributed by atoms with Crippen molar-refractivity contribution < 1.29 is 4.79 Å². The Labute approximate surface area is 163 Å². The van der Waals surface area contributed by atoms with Crippen LogP contribution in [0.3, 0.4) is 0 Å². The van der Waals surface area contributed by atoms with Crippen LogP contribution in [0.25, 0.3) is 5.69 Å². The van der Waals surface area contributed by atoms with Crippen LogP contribution in [0.2, 0.25) is 0 Å². The van der Waals surface area contributed by atoms with Gasteiger partial charge < -0.3 is 5.32 Å². The number of aryl methyl sites for hydroxylation is 1. The van der Waals surface area contributed by atoms with Crippen molar-refractivity contribution in [2.75, 3.05) is 11.1 Å². The number of hydrogen-bond acceptors (Lipinski definition) is 4. The molecule has 0 saturated heterocycles. The van der Waals surface area contributed by atoms with Crippen LogP contribution in [0.1, 0.15) is 28.0 Å². The zero-order valence-electron chi connectivity index (χ0n) is 15.3. The van der Waals surface area contributed by atoms with Crippen molar-refractivity contribution in [2.45, 2.75) is 25.2 Å². The average molecular weight is 376 g/mol. The number of carbonyl (C=O) groups is 1. The standard InChI is InChI=1S/C21H20N4OS/c1-15-8-3-5-10-19(15)25-16(2)17(14-23-25)21(26)24-18-9-4-6-11-20(18)27-13-7-12-22/h3-6,8-11,14H,7,13H2,1-2H3,(H,24,26). The monoisotopic (exact) mass is 376 g/mol. The maximum absolute atomic E-state index is 12.8. The van der Waals surface area contributed by atoms with E-state index in [0.717, 1.165) is 27.5 Å². The molecule has 1 amide bonds. The zero-order valence-corrected chi connectivity index (χ0v) is 16.1. The van der Waals surface area contributed by atoms with Gasteiger partial charge in [-0.3, -0.25) is 4.79 Å². The Morgan fingerprint density at radius 1 is 1.19 bits per heavy atom. The summed E-state index contributed by atoms with van der Waals surface area (Å²) in [5, 5.41) is 16.1. The summed E-state index contributed by atoms with van der Waals surface area (Å²) in [5.74, 6) is 0.494. The Balaban J connectivity index is 1.83. The Morgan fingerprint density at radius 2 is 1.93 bits per heavy atom. The van der Waals surface area contributed by atoms with Crippen LogP contribution in [-0.2, 0) is 0 Å². The Hall–Kier alpha value is -3.04. The van der Waals surface area contributed by atoms with Crippen molar-refractivity contribution in [3.8, 4) is 11.8 Å². The van der Waals surface area contributed by atoms with Gasteiger partial charge in [-0.25, -0.2) is 4.68 Å². The molecule has 0 radical (unpaired) electrons. The summed E-state index contributed by atoms with van der Waals surface area (Å²) >= 11 is 1.56. The van der Waals surface area contributed by atoms with Crippen molar-refractivity contribution in [1.82, 2.24) is 9.78 Å². The summed E-state index contributed by atoms with van der Waals surface area (Å²) in [6.45, 7) is 3.91. The first kappa shape index (κ1) is 18.7. The highest BCUT2D eigenvalue weighted by Gasteiger charge is 2.17. The molecule has 1 aromatic heterocycles. The van der Waals surface area contributed by atoms with Crippen LogP contribution in [-0.4, -0.2) is 21.4 Å². The van der Waals surface area contributed by atoms with Crippen LogP contribution in [0.5, 0.6) is 0 Å². The first-order valence-corrected chi connectivity index (χ1v) is 9.61. The molecule has 0 bridgehead atoms. The number of nitriles is 1. The van der Waals surface area contributed by atoms with Gasteiger partial charge in [0.2, 0.25) is 0 Å². The van der Waals surface area contributed by atoms with E-state index in [-0.39, 0.29) is 5.91 Å². The van der Waals surface area contributed by atoms with Gasteiger partial charge in [-0.15, -0.1) is 11.8 Å². The first-order valence-electron chi connectivity index (χ1n) is 8.62. The average Bonchev–Trinajstić information content (AvgIpc) is 3.05. The van der Waals surface area contributed by atoms with E-state index >= 15 is 0 Å². The number of nitrogens with zero attached hydrogens (tertiary/aromatic N) is 3. The van der Waals surface area contributed by atoms with Gasteiger partial charge in [0.25, 0.3) is 5.91 Å². The lowest BCUT2D eigenvalue weighted by Gasteiger charge is -2.11. The third-order valence-corrected chi connectivity index (χ3v) is 5.28. The predicted octanol–water partition coefficient (Wildman–Crippen LogP) is 4.75. The van der Waals surface area contributed by atoms with Gasteiger partial charge in [0.1, 0.15) is 0 Å². The minimum atomic E-state index is -0.194. The maximum atomic E-state index is 12.8. The number of amides is 1. The third kappa shape index (κ3) is 4.21. The fourth-order valence-electron chi connectivity index (χ4n) is 2.77. The Bertz CT molecular complexity index is 1000. The maximum Gasteiger partial charge on any atom is 0.259 e. The van der Waals surface area contributed by atoms with Crippen LogP contribution in [0, 0.1) is 25.2 Å². The number of carbonyl (C=O) groups excluding carboxylic acids is 1. The van der Waals surface area contributed by atoms with Gasteiger partial charge >= 0.3 is 0 Å². The molecule has 3 rings (SSSR count). The summed E-state index contributed by atoms with van der Waals surface area (Å²) in [7, 11) is 0. The highest BCUT2D eigenvalue weighted by atomic mass is 32.2. The van der Waals surface area contributed by atoms with Crippen molar-refractivity contribution >= 4 is 23.4 Å². The normalized spacial score (nSPS) is 10.4. The molecule has 3 aromatic rings. The molecule has 0 fully saturated rings. The number of anilines is 1. The molecule has 0 unspecified atom stereocenters. The largest absolute Gasteiger partial charge is 0.321 e. The molecule has 27 heavy (non-hydrogen) atoms. The first-order chi connectivity index (χ1) is 13.1. The lowest BCUT2D eigenvalue weighted by Crippen LogP contribution is -2.14. The number of hydrogen-bond donors (Lipinski definition) is 1. The summed E-state index contributed by atoms with van der Waals surface area (Å²) < 4.78 is 1.79. The van der Waals surface area contributed by atoms with Gasteiger partial charge in [0, 0.05) is 17.1 Å². The number of nitrogens with one attached hydrogen (secondary N) is 1. The predicted molar refractivity (Wildman–Crippen MR) is 108 cm³/mol. The lowest BCUT2D eigenvalue weighted by molar-refractivity contribution is 0.102. The molecular weight excluding hydrogens is 356 g/mol. The quantitative estimate of drug-likeness (QED) is 0.498. The van der Waals surface area contributed by atoms with E-state index < -0.39 is 0 Å². The van der Waals surface area contributed by atoms with Crippen molar-refractivity contribution in [3.05, 3.63) is 71.5 Å². The van der Waals surface area contributed by atoms with Crippen LogP contribution in [0.4, 0.5) is 5.69 Å². The third-order valence-electron chi connectivity index (χ3n) is 4.20. The number of benzene rings is 2. The highest BCUT2D eigenvalue weighted by molar-refractivity contribution is 7.99. The second kappa shape index (κ2) is 8.56. The van der Waals surface area contributed by atoms with Crippen LogP contribution < -0.4 is 5.32 Å². The molecule has 136 valence electrons. The van der Waals surface area contributed by atoms with E-state index in [1.807, 2.05) is 62.4 Å². The van der Waals surface area contributed by atoms with Gasteiger partial charge in [-0.05, 0) is 37.6 Å². The van der Waals surface area contributed by atoms with E-state index in [4.69, 9.17) is 5.26 Å². The second-order valence-electron chi connectivity index (χ2n) is 6.05. The van der Waals surface area contributed by atoms with Gasteiger partial charge in [0.05, 0.1) is 34.9 Å². The van der Waals surface area contributed by atoms with Crippen molar-refractivity contribution in [1.29, 1.82) is 5.26 Å². The molecular formula is C21H20N4OS. The van der Waals surface area contributed by atoms with Gasteiger partial charge in [0.15, 0.2) is 0 Å². The topological polar surface area (TPSA) is 70.7 Å². The minimum absolute atomic E-state index is 0.194. The molecule has 0 spiro atoms. The fraction of sp³-hybridized carbons (Fsp3) is 0.190. The van der Waals surface area contributed by atoms with E-state index in [1.165, 1.54) is 0 Å². The molecule has 6 heteroatoms. The Kier molecular flexibility index (Phi) is 5.94. The van der Waals surface area contributed by atoms with E-state index in [1.54, 1.807) is 22.6 Å². The molecule has 0 atom stereocenters. The summed E-state index contributed by atoms with van der Waals surface area (Å²) in [5.41, 5.74) is 4.12. The molecule has 0 aliphatic heterocycles. The number of rotatable bonds is 6. The fourth-order valence-corrected chi connectivity index (χ4v) is 3.63. The minimum Gasteiger partial charge on any atom is -0.321 e. The second-order valence-corrected chi connectivity index (χ2v) is 7.19. The van der Waals surface area contributed by atoms with E-state index in [0.29, 0.717) is 17.7 Å². The number of para-hydroxylation sites is 2. The molecule has 0 aliphatic carbocycles. The summed E-state index contributed by atoms with van der Waals surface area (Å²) in [6, 6.07) is 17.7. The summed E-state index contributed by atoms with van der Waals surface area (Å²) in [4.78, 5) is 13.8. The number of aromatic nitrogens is 2. The Morgan fingerprint density at radius 3 is 2.70 bits per heavy atom. The molecule has 0 saturated carbocycles. The zero-order chi connectivity index (χ0) is 19.2. The molecule has 0 aliphatic rings. The lowest BCUT2D eigenvalue weighted by atomic mass is 10.2. The van der Waals surface area contributed by atoms with Crippen LogP contribution in [0.15, 0.2) is 59.6 Å². The van der Waals surface area contributed by atoms with Crippen molar-refractivity contribution in [2.24, 2.45) is 0 Å². The molecule has 5 nitrogen and oxygen atoms in total. The molecule has 1 N–H and O–H groups in total. The number of thioether (sulfide) groups is 1. The van der Waals surface area contributed by atoms with Crippen molar-refractivity contribution in [3.63, 3.8) is 0 Å². The SMILES string of the molecule is Cc1ccccc1-n1ncc(C(=O)Nc2ccccc2SCCC#N)c1C. The van der Waals surface area contributed by atoms with Crippen LogP contribution >= 0.6 is 11.8 Å².